The quantitative estimate of drug-likeness (QED) is 0.375. The van der Waals surface area contributed by atoms with Crippen molar-refractivity contribution < 1.29 is 22.9 Å². The van der Waals surface area contributed by atoms with Gasteiger partial charge in [-0.2, -0.15) is 4.31 Å². The van der Waals surface area contributed by atoms with Gasteiger partial charge in [0.25, 0.3) is 5.69 Å². The van der Waals surface area contributed by atoms with E-state index in [-0.39, 0.29) is 16.5 Å². The second kappa shape index (κ2) is 11.3. The first-order valence-corrected chi connectivity index (χ1v) is 12.8. The van der Waals surface area contributed by atoms with Crippen molar-refractivity contribution in [3.63, 3.8) is 0 Å². The van der Waals surface area contributed by atoms with Crippen LogP contribution in [-0.4, -0.2) is 79.4 Å². The molecule has 2 aromatic rings. The van der Waals surface area contributed by atoms with Gasteiger partial charge in [-0.05, 0) is 32.0 Å². The highest BCUT2D eigenvalue weighted by Gasteiger charge is 2.29. The zero-order valence-corrected chi connectivity index (χ0v) is 20.3. The van der Waals surface area contributed by atoms with Gasteiger partial charge in [0.2, 0.25) is 15.9 Å². The maximum atomic E-state index is 13.3. The Bertz CT molecular complexity index is 1100. The molecule has 1 aromatic carbocycles. The molecule has 0 spiro atoms. The van der Waals surface area contributed by atoms with E-state index in [1.54, 1.807) is 6.20 Å². The maximum Gasteiger partial charge on any atom is 0.289 e. The number of nitrogens with zero attached hydrogens (tertiary/aromatic N) is 4. The molecule has 0 radical (unpaired) electrons. The van der Waals surface area contributed by atoms with E-state index >= 15 is 0 Å². The van der Waals surface area contributed by atoms with Gasteiger partial charge < -0.3 is 10.1 Å². The van der Waals surface area contributed by atoms with Crippen molar-refractivity contribution >= 4 is 49.7 Å². The Hall–Kier alpha value is -2.16. The number of sulfonamides is 1. The third-order valence-electron chi connectivity index (χ3n) is 4.93. The summed E-state index contributed by atoms with van der Waals surface area (Å²) in [6, 6.07) is 3.27. The Balaban J connectivity index is 1.78. The van der Waals surface area contributed by atoms with Crippen LogP contribution in [0.1, 0.15) is 11.3 Å². The summed E-state index contributed by atoms with van der Waals surface area (Å²) >= 11 is 7.10. The summed E-state index contributed by atoms with van der Waals surface area (Å²) in [6.45, 7) is 4.80. The first kappa shape index (κ1) is 25.5. The lowest BCUT2D eigenvalue weighted by molar-refractivity contribution is -0.384. The van der Waals surface area contributed by atoms with Gasteiger partial charge in [-0.1, -0.05) is 11.6 Å². The Labute approximate surface area is 200 Å². The number of nitrogens with one attached hydrogen (secondary N) is 1. The Morgan fingerprint density at radius 1 is 1.39 bits per heavy atom. The van der Waals surface area contributed by atoms with Gasteiger partial charge >= 0.3 is 0 Å². The van der Waals surface area contributed by atoms with E-state index in [0.29, 0.717) is 31.3 Å². The number of carbonyl (C=O) groups is 1. The van der Waals surface area contributed by atoms with Crippen molar-refractivity contribution in [2.24, 2.45) is 0 Å². The largest absolute Gasteiger partial charge is 0.379 e. The fraction of sp³-hybridized carbons (Fsp3) is 0.474. The Kier molecular flexibility index (Phi) is 8.73. The fourth-order valence-electron chi connectivity index (χ4n) is 3.25. The molecule has 33 heavy (non-hydrogen) atoms. The lowest BCUT2D eigenvalue weighted by atomic mass is 10.3. The number of nitro benzene ring substituents is 1. The number of amides is 1. The molecule has 3 rings (SSSR count). The van der Waals surface area contributed by atoms with Crippen LogP contribution in [0.15, 0.2) is 29.3 Å². The first-order valence-electron chi connectivity index (χ1n) is 10.1. The van der Waals surface area contributed by atoms with Gasteiger partial charge in [0.15, 0.2) is 5.13 Å². The second-order valence-corrected chi connectivity index (χ2v) is 10.9. The molecule has 2 heterocycles. The minimum absolute atomic E-state index is 0.0560. The number of nitro groups is 1. The van der Waals surface area contributed by atoms with Crippen molar-refractivity contribution in [3.05, 3.63) is 44.4 Å². The van der Waals surface area contributed by atoms with Gasteiger partial charge in [0.1, 0.15) is 5.02 Å². The number of thiazole rings is 1. The monoisotopic (exact) mass is 517 g/mol. The number of aromatic nitrogens is 1. The number of carbonyl (C=O) groups excluding carboxylic acids is 1. The first-order chi connectivity index (χ1) is 15.7. The van der Waals surface area contributed by atoms with E-state index < -0.39 is 33.1 Å². The van der Waals surface area contributed by atoms with Crippen LogP contribution in [0.3, 0.4) is 0 Å². The molecule has 1 aliphatic rings. The van der Waals surface area contributed by atoms with Gasteiger partial charge in [-0.15, -0.1) is 11.3 Å². The fourth-order valence-corrected chi connectivity index (χ4v) is 5.58. The zero-order chi connectivity index (χ0) is 24.0. The molecule has 1 saturated heterocycles. The molecule has 1 N–H and O–H groups in total. The highest BCUT2D eigenvalue weighted by molar-refractivity contribution is 7.89. The van der Waals surface area contributed by atoms with Crippen LogP contribution >= 0.6 is 22.9 Å². The molecule has 1 aliphatic heterocycles. The number of ether oxygens (including phenoxy) is 1. The highest BCUT2D eigenvalue weighted by atomic mass is 35.5. The van der Waals surface area contributed by atoms with Gasteiger partial charge in [0.05, 0.1) is 29.6 Å². The van der Waals surface area contributed by atoms with Crippen molar-refractivity contribution in [3.8, 4) is 0 Å². The molecule has 1 amide bonds. The van der Waals surface area contributed by atoms with Crippen LogP contribution in [0.2, 0.25) is 5.02 Å². The number of hydrogen-bond donors (Lipinski definition) is 1. The van der Waals surface area contributed by atoms with E-state index in [1.165, 1.54) is 17.4 Å². The zero-order valence-electron chi connectivity index (χ0n) is 17.9. The average Bonchev–Trinajstić information content (AvgIpc) is 3.18. The van der Waals surface area contributed by atoms with Crippen LogP contribution in [0.5, 0.6) is 0 Å². The van der Waals surface area contributed by atoms with E-state index in [0.717, 1.165) is 34.4 Å². The number of morpholine rings is 1. The molecule has 0 aliphatic carbocycles. The van der Waals surface area contributed by atoms with Gasteiger partial charge in [-0.25, -0.2) is 13.4 Å². The molecule has 0 atom stereocenters. The SMILES string of the molecule is Cc1cnc(NC(=O)CN(CCCN2CCOCC2)S(=O)(=O)c2ccc(Cl)c([N+](=O)[O-])c2)s1. The van der Waals surface area contributed by atoms with E-state index in [2.05, 4.69) is 15.2 Å². The third kappa shape index (κ3) is 6.91. The standard InChI is InChI=1S/C19H24ClN5O6S2/c1-14-12-21-19(32-14)22-18(26)13-24(6-2-5-23-7-9-31-10-8-23)33(29,30)15-3-4-16(20)17(11-15)25(27)28/h3-4,11-12H,2,5-10,13H2,1H3,(H,21,22,26). The summed E-state index contributed by atoms with van der Waals surface area (Å²) in [5.74, 6) is -0.553. The normalized spacial score (nSPS) is 15.0. The molecule has 0 saturated carbocycles. The summed E-state index contributed by atoms with van der Waals surface area (Å²) < 4.78 is 33.0. The molecular formula is C19H24ClN5O6S2. The molecule has 0 bridgehead atoms. The minimum Gasteiger partial charge on any atom is -0.379 e. The van der Waals surface area contributed by atoms with Crippen LogP contribution in [0, 0.1) is 17.0 Å². The maximum absolute atomic E-state index is 13.3. The topological polar surface area (TPSA) is 135 Å². The Morgan fingerprint density at radius 3 is 2.76 bits per heavy atom. The lowest BCUT2D eigenvalue weighted by Crippen LogP contribution is -2.41. The summed E-state index contributed by atoms with van der Waals surface area (Å²) in [6.07, 6.45) is 2.07. The second-order valence-electron chi connectivity index (χ2n) is 7.34. The van der Waals surface area contributed by atoms with E-state index in [9.17, 15) is 23.3 Å². The number of halogens is 1. The smallest absolute Gasteiger partial charge is 0.289 e. The molecule has 1 aromatic heterocycles. The van der Waals surface area contributed by atoms with Crippen LogP contribution < -0.4 is 5.32 Å². The summed E-state index contributed by atoms with van der Waals surface area (Å²) in [7, 11) is -4.21. The van der Waals surface area contributed by atoms with Crippen LogP contribution in [0.4, 0.5) is 10.8 Å². The molecule has 180 valence electrons. The molecular weight excluding hydrogens is 494 g/mol. The summed E-state index contributed by atoms with van der Waals surface area (Å²) in [4.78, 5) is 29.9. The average molecular weight is 518 g/mol. The third-order valence-corrected chi connectivity index (χ3v) is 7.91. The number of hydrogen-bond acceptors (Lipinski definition) is 9. The summed E-state index contributed by atoms with van der Waals surface area (Å²) in [5, 5.41) is 14.0. The number of benzene rings is 1. The molecule has 14 heteroatoms. The van der Waals surface area contributed by atoms with Gasteiger partial charge in [-0.3, -0.25) is 19.8 Å². The molecule has 1 fully saturated rings. The van der Waals surface area contributed by atoms with Gasteiger partial charge in [0, 0.05) is 36.8 Å². The van der Waals surface area contributed by atoms with Crippen LogP contribution in [0.25, 0.3) is 0 Å². The highest BCUT2D eigenvalue weighted by Crippen LogP contribution is 2.28. The number of aryl methyl sites for hydroxylation is 1. The van der Waals surface area contributed by atoms with E-state index in [1.807, 2.05) is 6.92 Å². The number of rotatable bonds is 10. The summed E-state index contributed by atoms with van der Waals surface area (Å²) in [5.41, 5.74) is -0.520. The van der Waals surface area contributed by atoms with E-state index in [4.69, 9.17) is 16.3 Å². The number of anilines is 1. The lowest BCUT2D eigenvalue weighted by Gasteiger charge is -2.28. The predicted molar refractivity (Wildman–Crippen MR) is 124 cm³/mol. The Morgan fingerprint density at radius 2 is 2.12 bits per heavy atom. The van der Waals surface area contributed by atoms with Crippen LogP contribution in [-0.2, 0) is 19.6 Å². The molecule has 11 nitrogen and oxygen atoms in total. The van der Waals surface area contributed by atoms with Crippen molar-refractivity contribution in [1.29, 1.82) is 0 Å². The van der Waals surface area contributed by atoms with Crippen molar-refractivity contribution in [1.82, 2.24) is 14.2 Å². The predicted octanol–water partition coefficient (Wildman–Crippen LogP) is 2.36. The molecule has 0 unspecified atom stereocenters. The van der Waals surface area contributed by atoms with Crippen molar-refractivity contribution in [2.75, 3.05) is 51.3 Å². The minimum atomic E-state index is -4.21. The van der Waals surface area contributed by atoms with Crippen molar-refractivity contribution in [2.45, 2.75) is 18.2 Å².